The molecular formula is C22H26N4O3. The minimum absolute atomic E-state index is 0.0655. The fourth-order valence-electron chi connectivity index (χ4n) is 3.78. The van der Waals surface area contributed by atoms with E-state index in [4.69, 9.17) is 4.74 Å². The Morgan fingerprint density at radius 3 is 2.69 bits per heavy atom. The molecule has 7 nitrogen and oxygen atoms in total. The Labute approximate surface area is 170 Å². The minimum atomic E-state index is -0.253. The number of rotatable bonds is 5. The lowest BCUT2D eigenvalue weighted by molar-refractivity contribution is 0.0383. The van der Waals surface area contributed by atoms with Crippen molar-refractivity contribution in [2.75, 3.05) is 45.9 Å². The lowest BCUT2D eigenvalue weighted by atomic mass is 9.99. The van der Waals surface area contributed by atoms with E-state index in [0.717, 1.165) is 39.3 Å². The summed E-state index contributed by atoms with van der Waals surface area (Å²) in [4.78, 5) is 33.7. The zero-order chi connectivity index (χ0) is 20.1. The van der Waals surface area contributed by atoms with Crippen molar-refractivity contribution in [3.8, 4) is 0 Å². The van der Waals surface area contributed by atoms with Crippen LogP contribution in [0.4, 0.5) is 0 Å². The lowest BCUT2D eigenvalue weighted by Gasteiger charge is -2.29. The average molecular weight is 394 g/mol. The molecule has 2 aromatic rings. The molecule has 0 radical (unpaired) electrons. The molecular weight excluding hydrogens is 368 g/mol. The second-order valence-corrected chi connectivity index (χ2v) is 7.39. The van der Waals surface area contributed by atoms with Crippen LogP contribution in [0.5, 0.6) is 0 Å². The smallest absolute Gasteiger partial charge is 0.269 e. The van der Waals surface area contributed by atoms with Gasteiger partial charge in [-0.3, -0.25) is 19.5 Å². The van der Waals surface area contributed by atoms with E-state index in [9.17, 15) is 9.59 Å². The van der Waals surface area contributed by atoms with Crippen LogP contribution in [-0.4, -0.2) is 72.5 Å². The summed E-state index contributed by atoms with van der Waals surface area (Å²) in [6.07, 6.45) is 2.38. The molecule has 0 aliphatic carbocycles. The summed E-state index contributed by atoms with van der Waals surface area (Å²) in [6, 6.07) is 11.5. The van der Waals surface area contributed by atoms with Gasteiger partial charge in [0, 0.05) is 51.0 Å². The van der Waals surface area contributed by atoms with E-state index in [-0.39, 0.29) is 17.5 Å². The van der Waals surface area contributed by atoms with E-state index in [1.54, 1.807) is 12.1 Å². The molecule has 0 unspecified atom stereocenters. The maximum Gasteiger partial charge on any atom is 0.269 e. The Morgan fingerprint density at radius 1 is 1.07 bits per heavy atom. The molecule has 0 atom stereocenters. The van der Waals surface area contributed by atoms with E-state index in [0.29, 0.717) is 25.2 Å². The Kier molecular flexibility index (Phi) is 6.17. The summed E-state index contributed by atoms with van der Waals surface area (Å²) in [5.74, 6) is -0.318. The molecule has 4 rings (SSSR count). The Hall–Kier alpha value is -2.77. The Morgan fingerprint density at radius 2 is 1.86 bits per heavy atom. The van der Waals surface area contributed by atoms with Gasteiger partial charge in [0.1, 0.15) is 5.69 Å². The van der Waals surface area contributed by atoms with Gasteiger partial charge < -0.3 is 15.0 Å². The summed E-state index contributed by atoms with van der Waals surface area (Å²) >= 11 is 0. The molecule has 2 aliphatic heterocycles. The highest BCUT2D eigenvalue weighted by Crippen LogP contribution is 2.20. The number of benzene rings is 1. The standard InChI is InChI=1S/C22H26N4O3/c27-21(24-8-10-25-11-13-29-14-12-25)20-15-18(5-7-23-20)22(28)26-9-6-17-3-1-2-4-19(17)16-26/h1-5,7,15H,6,8-14,16H2,(H,24,27). The number of pyridine rings is 1. The van der Waals surface area contributed by atoms with Crippen molar-refractivity contribution >= 4 is 11.8 Å². The second kappa shape index (κ2) is 9.15. The zero-order valence-electron chi connectivity index (χ0n) is 16.5. The number of hydrogen-bond donors (Lipinski definition) is 1. The minimum Gasteiger partial charge on any atom is -0.379 e. The zero-order valence-corrected chi connectivity index (χ0v) is 16.5. The number of nitrogens with zero attached hydrogens (tertiary/aromatic N) is 3. The van der Waals surface area contributed by atoms with Crippen molar-refractivity contribution in [1.82, 2.24) is 20.1 Å². The number of aromatic nitrogens is 1. The molecule has 1 aromatic carbocycles. The molecule has 29 heavy (non-hydrogen) atoms. The van der Waals surface area contributed by atoms with Crippen molar-refractivity contribution in [3.05, 3.63) is 65.0 Å². The first-order valence-electron chi connectivity index (χ1n) is 10.1. The number of carbonyl (C=O) groups is 2. The van der Waals surface area contributed by atoms with Gasteiger partial charge in [-0.1, -0.05) is 24.3 Å². The van der Waals surface area contributed by atoms with E-state index >= 15 is 0 Å². The van der Waals surface area contributed by atoms with Crippen LogP contribution < -0.4 is 5.32 Å². The fraction of sp³-hybridized carbons (Fsp3) is 0.409. The van der Waals surface area contributed by atoms with E-state index < -0.39 is 0 Å². The molecule has 0 saturated carbocycles. The number of ether oxygens (including phenoxy) is 1. The van der Waals surface area contributed by atoms with Crippen LogP contribution in [0.25, 0.3) is 0 Å². The highest BCUT2D eigenvalue weighted by Gasteiger charge is 2.22. The fourth-order valence-corrected chi connectivity index (χ4v) is 3.78. The quantitative estimate of drug-likeness (QED) is 0.829. The van der Waals surface area contributed by atoms with Crippen LogP contribution in [0.15, 0.2) is 42.6 Å². The van der Waals surface area contributed by atoms with E-state index in [2.05, 4.69) is 27.3 Å². The molecule has 2 amide bonds. The molecule has 0 bridgehead atoms. The monoisotopic (exact) mass is 394 g/mol. The van der Waals surface area contributed by atoms with Crippen LogP contribution >= 0.6 is 0 Å². The topological polar surface area (TPSA) is 74.8 Å². The molecule has 0 spiro atoms. The SMILES string of the molecule is O=C(NCCN1CCOCC1)c1cc(C(=O)N2CCc3ccccc3C2)ccn1. The van der Waals surface area contributed by atoms with Crippen LogP contribution in [0.3, 0.4) is 0 Å². The number of fused-ring (bicyclic) bond motifs is 1. The van der Waals surface area contributed by atoms with Gasteiger partial charge in [0.25, 0.3) is 11.8 Å². The molecule has 7 heteroatoms. The highest BCUT2D eigenvalue weighted by molar-refractivity contribution is 5.98. The molecule has 2 aliphatic rings. The molecule has 1 fully saturated rings. The maximum absolute atomic E-state index is 13.0. The van der Waals surface area contributed by atoms with Crippen LogP contribution in [0.2, 0.25) is 0 Å². The van der Waals surface area contributed by atoms with Crippen LogP contribution in [0, 0.1) is 0 Å². The maximum atomic E-state index is 13.0. The van der Waals surface area contributed by atoms with Crippen molar-refractivity contribution in [2.24, 2.45) is 0 Å². The van der Waals surface area contributed by atoms with Gasteiger partial charge >= 0.3 is 0 Å². The first-order chi connectivity index (χ1) is 14.2. The van der Waals surface area contributed by atoms with E-state index in [1.807, 2.05) is 17.0 Å². The van der Waals surface area contributed by atoms with Crippen molar-refractivity contribution in [3.63, 3.8) is 0 Å². The molecule has 3 heterocycles. The van der Waals surface area contributed by atoms with Crippen molar-refractivity contribution in [1.29, 1.82) is 0 Å². The first kappa shape index (κ1) is 19.5. The average Bonchev–Trinajstić information content (AvgIpc) is 2.79. The third kappa shape index (κ3) is 4.81. The Bertz CT molecular complexity index is 880. The van der Waals surface area contributed by atoms with Crippen LogP contribution in [0.1, 0.15) is 32.0 Å². The van der Waals surface area contributed by atoms with Gasteiger partial charge in [-0.25, -0.2) is 0 Å². The Balaban J connectivity index is 1.35. The highest BCUT2D eigenvalue weighted by atomic mass is 16.5. The van der Waals surface area contributed by atoms with Gasteiger partial charge in [0.15, 0.2) is 0 Å². The van der Waals surface area contributed by atoms with Crippen molar-refractivity contribution < 1.29 is 14.3 Å². The largest absolute Gasteiger partial charge is 0.379 e. The van der Waals surface area contributed by atoms with Gasteiger partial charge in [-0.2, -0.15) is 0 Å². The predicted molar refractivity (Wildman–Crippen MR) is 109 cm³/mol. The molecule has 152 valence electrons. The van der Waals surface area contributed by atoms with E-state index in [1.165, 1.54) is 17.3 Å². The van der Waals surface area contributed by atoms with Crippen molar-refractivity contribution in [2.45, 2.75) is 13.0 Å². The number of hydrogen-bond acceptors (Lipinski definition) is 5. The summed E-state index contributed by atoms with van der Waals surface area (Å²) < 4.78 is 5.33. The molecule has 1 saturated heterocycles. The van der Waals surface area contributed by atoms with Crippen LogP contribution in [-0.2, 0) is 17.7 Å². The van der Waals surface area contributed by atoms with Gasteiger partial charge in [0.05, 0.1) is 13.2 Å². The first-order valence-corrected chi connectivity index (χ1v) is 10.1. The number of morpholine rings is 1. The summed E-state index contributed by atoms with van der Waals surface area (Å²) in [6.45, 7) is 5.84. The molecule has 1 aromatic heterocycles. The predicted octanol–water partition coefficient (Wildman–Crippen LogP) is 1.34. The summed E-state index contributed by atoms with van der Waals surface area (Å²) in [5.41, 5.74) is 3.25. The number of nitrogens with one attached hydrogen (secondary N) is 1. The third-order valence-electron chi connectivity index (χ3n) is 5.47. The third-order valence-corrected chi connectivity index (χ3v) is 5.47. The number of amides is 2. The number of carbonyl (C=O) groups excluding carboxylic acids is 2. The normalized spacial score (nSPS) is 16.9. The summed E-state index contributed by atoms with van der Waals surface area (Å²) in [5, 5.41) is 2.90. The van der Waals surface area contributed by atoms with Gasteiger partial charge in [-0.15, -0.1) is 0 Å². The second-order valence-electron chi connectivity index (χ2n) is 7.39. The molecule has 1 N–H and O–H groups in total. The van der Waals surface area contributed by atoms with Gasteiger partial charge in [0.2, 0.25) is 0 Å². The summed E-state index contributed by atoms with van der Waals surface area (Å²) in [7, 11) is 0. The van der Waals surface area contributed by atoms with Gasteiger partial charge in [-0.05, 0) is 29.7 Å². The lowest BCUT2D eigenvalue weighted by Crippen LogP contribution is -2.41.